The highest BCUT2D eigenvalue weighted by molar-refractivity contribution is 6.04. The molecule has 190 valence electrons. The van der Waals surface area contributed by atoms with Crippen molar-refractivity contribution < 1.29 is 9.59 Å². The smallest absolute Gasteiger partial charge is 0.256 e. The van der Waals surface area contributed by atoms with Gasteiger partial charge in [-0.3, -0.25) is 9.59 Å². The summed E-state index contributed by atoms with van der Waals surface area (Å²) in [6, 6.07) is 17.7. The van der Waals surface area contributed by atoms with Gasteiger partial charge in [-0.2, -0.15) is 5.10 Å². The summed E-state index contributed by atoms with van der Waals surface area (Å²) in [7, 11) is 0. The van der Waals surface area contributed by atoms with Crippen molar-refractivity contribution in [3.63, 3.8) is 0 Å². The lowest BCUT2D eigenvalue weighted by Crippen LogP contribution is -2.16. The molecule has 0 aliphatic heterocycles. The summed E-state index contributed by atoms with van der Waals surface area (Å²) >= 11 is 0. The number of carbonyl (C=O) groups is 2. The third-order valence-corrected chi connectivity index (χ3v) is 5.92. The normalized spacial score (nSPS) is 10.9. The molecule has 3 aromatic heterocycles. The van der Waals surface area contributed by atoms with E-state index in [9.17, 15) is 9.59 Å². The lowest BCUT2D eigenvalue weighted by Gasteiger charge is -2.08. The van der Waals surface area contributed by atoms with Crippen LogP contribution in [0.5, 0.6) is 0 Å². The monoisotopic (exact) mass is 507 g/mol. The number of fused-ring (bicyclic) bond motifs is 1. The van der Waals surface area contributed by atoms with Gasteiger partial charge in [-0.15, -0.1) is 0 Å². The first-order valence-corrected chi connectivity index (χ1v) is 11.8. The highest BCUT2D eigenvalue weighted by Gasteiger charge is 2.18. The van der Waals surface area contributed by atoms with Crippen molar-refractivity contribution in [3.05, 3.63) is 84.3 Å². The maximum atomic E-state index is 12.7. The zero-order valence-corrected chi connectivity index (χ0v) is 20.5. The third-order valence-electron chi connectivity index (χ3n) is 5.92. The number of rotatable bonds is 7. The first-order valence-electron chi connectivity index (χ1n) is 11.8. The third kappa shape index (κ3) is 5.12. The maximum Gasteiger partial charge on any atom is 0.256 e. The molecule has 0 radical (unpaired) electrons. The number of nitrogens with zero attached hydrogens (tertiary/aromatic N) is 5. The van der Waals surface area contributed by atoms with Crippen molar-refractivity contribution in [1.29, 1.82) is 0 Å². The average Bonchev–Trinajstić information content (AvgIpc) is 3.29. The molecule has 3 heterocycles. The topological polar surface area (TPSA) is 167 Å². The number of nitrogens with two attached hydrogens (primary N) is 2. The van der Waals surface area contributed by atoms with E-state index in [2.05, 4.69) is 30.7 Å². The van der Waals surface area contributed by atoms with Gasteiger partial charge in [0.05, 0.1) is 23.3 Å². The molecule has 0 fully saturated rings. The fraction of sp³-hybridized carbons (Fsp3) is 0.111. The Labute approximate surface area is 217 Å². The van der Waals surface area contributed by atoms with Crippen molar-refractivity contribution in [3.8, 4) is 11.3 Å². The summed E-state index contributed by atoms with van der Waals surface area (Å²) in [6.07, 6.45) is 3.14. The van der Waals surface area contributed by atoms with Gasteiger partial charge in [0, 0.05) is 23.7 Å². The fourth-order valence-electron chi connectivity index (χ4n) is 3.99. The van der Waals surface area contributed by atoms with Gasteiger partial charge in [-0.05, 0) is 48.9 Å². The van der Waals surface area contributed by atoms with Crippen LogP contribution in [-0.2, 0) is 11.3 Å². The Morgan fingerprint density at radius 2 is 1.74 bits per heavy atom. The van der Waals surface area contributed by atoms with E-state index in [4.69, 9.17) is 11.5 Å². The number of nitrogens with one attached hydrogen (secondary N) is 2. The first-order chi connectivity index (χ1) is 18.4. The van der Waals surface area contributed by atoms with Crippen molar-refractivity contribution >= 4 is 45.9 Å². The Balaban J connectivity index is 1.36. The molecule has 0 unspecified atom stereocenters. The Bertz CT molecular complexity index is 1640. The molecule has 0 aliphatic carbocycles. The number of anilines is 4. The fourth-order valence-corrected chi connectivity index (χ4v) is 3.99. The number of carbonyl (C=O) groups excluding carboxylic acids is 2. The Morgan fingerprint density at radius 3 is 2.50 bits per heavy atom. The molecule has 38 heavy (non-hydrogen) atoms. The molecule has 6 N–H and O–H groups in total. The molecule has 0 aliphatic rings. The Hall–Kier alpha value is -5.32. The predicted molar refractivity (Wildman–Crippen MR) is 146 cm³/mol. The second-order valence-corrected chi connectivity index (χ2v) is 8.66. The summed E-state index contributed by atoms with van der Waals surface area (Å²) in [5.41, 5.74) is 16.4. The van der Waals surface area contributed by atoms with Crippen molar-refractivity contribution in [2.75, 3.05) is 22.1 Å². The molecule has 2 amide bonds. The lowest BCUT2D eigenvalue weighted by atomic mass is 10.1. The van der Waals surface area contributed by atoms with E-state index in [0.29, 0.717) is 39.5 Å². The minimum absolute atomic E-state index is 0.139. The van der Waals surface area contributed by atoms with Crippen LogP contribution in [0.1, 0.15) is 22.3 Å². The number of para-hydroxylation sites is 2. The molecule has 0 saturated carbocycles. The number of benzene rings is 2. The van der Waals surface area contributed by atoms with E-state index >= 15 is 0 Å². The first kappa shape index (κ1) is 24.4. The number of hydrogen-bond acceptors (Lipinski definition) is 8. The minimum atomic E-state index is -0.280. The number of aromatic nitrogens is 5. The number of nitrogen functional groups attached to an aromatic ring is 2. The Kier molecular flexibility index (Phi) is 6.64. The van der Waals surface area contributed by atoms with Crippen LogP contribution in [0.15, 0.2) is 73.2 Å². The van der Waals surface area contributed by atoms with E-state index in [-0.39, 0.29) is 30.6 Å². The van der Waals surface area contributed by atoms with Crippen LogP contribution in [0.25, 0.3) is 22.3 Å². The van der Waals surface area contributed by atoms with Crippen LogP contribution >= 0.6 is 0 Å². The highest BCUT2D eigenvalue weighted by atomic mass is 16.2. The molecule has 2 aromatic carbocycles. The van der Waals surface area contributed by atoms with Gasteiger partial charge in [0.1, 0.15) is 23.7 Å². The molecular formula is C27H25N9O2. The van der Waals surface area contributed by atoms with Crippen LogP contribution in [0.4, 0.5) is 23.0 Å². The second-order valence-electron chi connectivity index (χ2n) is 8.66. The maximum absolute atomic E-state index is 12.7. The predicted octanol–water partition coefficient (Wildman–Crippen LogP) is 3.64. The summed E-state index contributed by atoms with van der Waals surface area (Å²) in [5, 5.41) is 10.9. The van der Waals surface area contributed by atoms with Gasteiger partial charge in [0.2, 0.25) is 5.91 Å². The van der Waals surface area contributed by atoms with Gasteiger partial charge < -0.3 is 22.1 Å². The van der Waals surface area contributed by atoms with Crippen LogP contribution in [0.2, 0.25) is 0 Å². The van der Waals surface area contributed by atoms with Crippen molar-refractivity contribution in [2.45, 2.75) is 19.9 Å². The average molecular weight is 508 g/mol. The second kappa shape index (κ2) is 10.3. The number of pyridine rings is 1. The summed E-state index contributed by atoms with van der Waals surface area (Å²) in [5.74, 6) is 0.254. The summed E-state index contributed by atoms with van der Waals surface area (Å²) in [4.78, 5) is 37.9. The van der Waals surface area contributed by atoms with E-state index < -0.39 is 0 Å². The lowest BCUT2D eigenvalue weighted by molar-refractivity contribution is -0.116. The van der Waals surface area contributed by atoms with Crippen LogP contribution in [0, 0.1) is 6.92 Å². The Morgan fingerprint density at radius 1 is 0.947 bits per heavy atom. The standard InChI is InChI=1S/C27H25N9O2/c1-16-10-12-30-21(14-16)34-27(38)18-8-6-17(7-9-18)24-23-25(29)31-15-32-26(23)36(35-24)13-11-22(37)33-20-5-3-2-4-19(20)28/h2-10,12,14-15H,11,13,28H2,1H3,(H,33,37)(H2,29,31,32)(H,30,34,38). The quantitative estimate of drug-likeness (QED) is 0.242. The van der Waals surface area contributed by atoms with Crippen LogP contribution < -0.4 is 22.1 Å². The summed E-state index contributed by atoms with van der Waals surface area (Å²) < 4.78 is 1.63. The molecule has 0 saturated heterocycles. The van der Waals surface area contributed by atoms with E-state index in [1.54, 1.807) is 65.5 Å². The largest absolute Gasteiger partial charge is 0.397 e. The molecule has 11 nitrogen and oxygen atoms in total. The van der Waals surface area contributed by atoms with Crippen molar-refractivity contribution in [2.24, 2.45) is 0 Å². The molecule has 11 heteroatoms. The summed E-state index contributed by atoms with van der Waals surface area (Å²) in [6.45, 7) is 2.19. The molecule has 5 aromatic rings. The van der Waals surface area contributed by atoms with Crippen molar-refractivity contribution in [1.82, 2.24) is 24.7 Å². The molecule has 0 atom stereocenters. The molecule has 0 bridgehead atoms. The van der Waals surface area contributed by atoms with Gasteiger partial charge >= 0.3 is 0 Å². The van der Waals surface area contributed by atoms with Crippen LogP contribution in [-0.4, -0.2) is 36.5 Å². The molecular weight excluding hydrogens is 482 g/mol. The van der Waals surface area contributed by atoms with Crippen LogP contribution in [0.3, 0.4) is 0 Å². The number of hydrogen-bond donors (Lipinski definition) is 4. The molecule has 5 rings (SSSR count). The van der Waals surface area contributed by atoms with Gasteiger partial charge in [0.15, 0.2) is 5.65 Å². The van der Waals surface area contributed by atoms with E-state index in [1.165, 1.54) is 6.33 Å². The number of amides is 2. The highest BCUT2D eigenvalue weighted by Crippen LogP contribution is 2.30. The number of aryl methyl sites for hydroxylation is 2. The zero-order valence-electron chi connectivity index (χ0n) is 20.5. The van der Waals surface area contributed by atoms with Gasteiger partial charge in [-0.25, -0.2) is 19.6 Å². The minimum Gasteiger partial charge on any atom is -0.397 e. The molecule has 0 spiro atoms. The van der Waals surface area contributed by atoms with Gasteiger partial charge in [0.25, 0.3) is 5.91 Å². The SMILES string of the molecule is Cc1ccnc(NC(=O)c2ccc(-c3nn(CCC(=O)Nc4ccccc4N)c4ncnc(N)c34)cc2)c1. The van der Waals surface area contributed by atoms with E-state index in [1.807, 2.05) is 13.0 Å². The zero-order chi connectivity index (χ0) is 26.6. The van der Waals surface area contributed by atoms with Gasteiger partial charge in [-0.1, -0.05) is 24.3 Å². The van der Waals surface area contributed by atoms with E-state index in [0.717, 1.165) is 11.1 Å².